The van der Waals surface area contributed by atoms with Gasteiger partial charge in [0.15, 0.2) is 5.82 Å². The number of hydrogen-bond acceptors (Lipinski definition) is 5. The second kappa shape index (κ2) is 8.45. The van der Waals surface area contributed by atoms with Gasteiger partial charge in [0.1, 0.15) is 5.75 Å². The molecule has 0 bridgehead atoms. The van der Waals surface area contributed by atoms with Crippen LogP contribution in [-0.2, 0) is 6.42 Å². The monoisotopic (exact) mass is 358 g/mol. The van der Waals surface area contributed by atoms with Crippen molar-refractivity contribution in [2.24, 2.45) is 0 Å². The number of rotatable bonds is 5. The van der Waals surface area contributed by atoms with E-state index in [-0.39, 0.29) is 0 Å². The van der Waals surface area contributed by atoms with Crippen LogP contribution in [0.2, 0.25) is 0 Å². The molecule has 27 heavy (non-hydrogen) atoms. The smallest absolute Gasteiger partial charge is 0.263 e. The van der Waals surface area contributed by atoms with Crippen molar-refractivity contribution in [2.45, 2.75) is 19.3 Å². The topological polar surface area (TPSA) is 51.1 Å². The average Bonchev–Trinajstić information content (AvgIpc) is 2.75. The lowest BCUT2D eigenvalue weighted by Crippen LogP contribution is -2.31. The predicted octanol–water partition coefficient (Wildman–Crippen LogP) is 4.43. The molecule has 1 aliphatic rings. The van der Waals surface area contributed by atoms with Gasteiger partial charge in [-0.25, -0.2) is 9.97 Å². The van der Waals surface area contributed by atoms with E-state index in [1.54, 1.807) is 12.4 Å². The molecule has 0 amide bonds. The molecular weight excluding hydrogens is 336 g/mol. The Hall–Kier alpha value is -3.21. The number of allylic oxidation sites excluding steroid dienone is 1. The third-order valence-electron chi connectivity index (χ3n) is 4.69. The first-order chi connectivity index (χ1) is 13.4. The van der Waals surface area contributed by atoms with Crippen LogP contribution < -0.4 is 9.64 Å². The van der Waals surface area contributed by atoms with Crippen molar-refractivity contribution in [3.8, 4) is 11.6 Å². The van der Waals surface area contributed by atoms with Crippen molar-refractivity contribution in [1.29, 1.82) is 0 Å². The van der Waals surface area contributed by atoms with Gasteiger partial charge in [0, 0.05) is 37.9 Å². The van der Waals surface area contributed by atoms with Gasteiger partial charge in [-0.05, 0) is 49.1 Å². The molecule has 0 radical (unpaired) electrons. The Balaban J connectivity index is 1.41. The fraction of sp³-hybridized carbons (Fsp3) is 0.227. The van der Waals surface area contributed by atoms with Crippen molar-refractivity contribution < 1.29 is 4.74 Å². The fourth-order valence-electron chi connectivity index (χ4n) is 3.20. The van der Waals surface area contributed by atoms with Crippen molar-refractivity contribution in [2.75, 3.05) is 18.0 Å². The van der Waals surface area contributed by atoms with Crippen molar-refractivity contribution in [3.05, 3.63) is 84.5 Å². The molecule has 0 aliphatic carbocycles. The number of benzene rings is 1. The van der Waals surface area contributed by atoms with Gasteiger partial charge < -0.3 is 9.64 Å². The van der Waals surface area contributed by atoms with E-state index in [4.69, 9.17) is 4.74 Å². The second-order valence-corrected chi connectivity index (χ2v) is 6.51. The van der Waals surface area contributed by atoms with E-state index in [0.717, 1.165) is 43.9 Å². The van der Waals surface area contributed by atoms with Crippen LogP contribution in [0.15, 0.2) is 78.9 Å². The number of anilines is 1. The molecule has 1 fully saturated rings. The molecule has 2 aromatic heterocycles. The number of piperidine rings is 1. The van der Waals surface area contributed by atoms with Gasteiger partial charge in [0.2, 0.25) is 0 Å². The first-order valence-electron chi connectivity index (χ1n) is 9.24. The molecule has 3 heterocycles. The van der Waals surface area contributed by atoms with Crippen LogP contribution in [0.5, 0.6) is 11.6 Å². The minimum atomic E-state index is 0.563. The molecule has 4 rings (SSSR count). The number of para-hydroxylation sites is 1. The Labute approximate surface area is 159 Å². The van der Waals surface area contributed by atoms with Crippen molar-refractivity contribution >= 4 is 5.82 Å². The molecule has 136 valence electrons. The van der Waals surface area contributed by atoms with E-state index in [9.17, 15) is 0 Å². The lowest BCUT2D eigenvalue weighted by Gasteiger charge is -2.30. The standard InChI is InChI=1S/C22H22N4O/c1-2-4-20(5-3-1)27-22-21(24-14-15-25-22)26-16-10-19(11-17-26)7-6-18-8-12-23-13-9-18/h1-5,7-9,12-15H,6,10-11,16-17H2. The number of nitrogens with zero attached hydrogens (tertiary/aromatic N) is 4. The molecule has 0 atom stereocenters. The Morgan fingerprint density at radius 3 is 2.41 bits per heavy atom. The Morgan fingerprint density at radius 1 is 0.889 bits per heavy atom. The van der Waals surface area contributed by atoms with Gasteiger partial charge in [-0.15, -0.1) is 0 Å². The maximum Gasteiger partial charge on any atom is 0.263 e. The third kappa shape index (κ3) is 4.50. The van der Waals surface area contributed by atoms with E-state index in [1.165, 1.54) is 11.1 Å². The zero-order valence-electron chi connectivity index (χ0n) is 15.2. The maximum absolute atomic E-state index is 5.96. The van der Waals surface area contributed by atoms with E-state index >= 15 is 0 Å². The van der Waals surface area contributed by atoms with Crippen LogP contribution in [0.4, 0.5) is 5.82 Å². The normalized spacial score (nSPS) is 14.1. The summed E-state index contributed by atoms with van der Waals surface area (Å²) >= 11 is 0. The molecule has 5 heteroatoms. The van der Waals surface area contributed by atoms with Crippen LogP contribution in [0, 0.1) is 0 Å². The predicted molar refractivity (Wildman–Crippen MR) is 106 cm³/mol. The molecule has 5 nitrogen and oxygen atoms in total. The van der Waals surface area contributed by atoms with Gasteiger partial charge in [0.25, 0.3) is 5.88 Å². The minimum Gasteiger partial charge on any atom is -0.436 e. The summed E-state index contributed by atoms with van der Waals surface area (Å²) in [5.41, 5.74) is 2.80. The van der Waals surface area contributed by atoms with Crippen LogP contribution in [-0.4, -0.2) is 28.0 Å². The maximum atomic E-state index is 5.96. The van der Waals surface area contributed by atoms with Gasteiger partial charge in [0.05, 0.1) is 0 Å². The number of ether oxygens (including phenoxy) is 1. The summed E-state index contributed by atoms with van der Waals surface area (Å²) in [6.45, 7) is 1.85. The van der Waals surface area contributed by atoms with E-state index in [2.05, 4.69) is 38.1 Å². The highest BCUT2D eigenvalue weighted by Gasteiger charge is 2.20. The minimum absolute atomic E-state index is 0.563. The van der Waals surface area contributed by atoms with Crippen LogP contribution >= 0.6 is 0 Å². The fourth-order valence-corrected chi connectivity index (χ4v) is 3.20. The van der Waals surface area contributed by atoms with Gasteiger partial charge in [-0.3, -0.25) is 4.98 Å². The Morgan fingerprint density at radius 2 is 1.63 bits per heavy atom. The first kappa shape index (κ1) is 17.2. The molecular formula is C22H22N4O. The highest BCUT2D eigenvalue weighted by atomic mass is 16.5. The Bertz CT molecular complexity index is 886. The van der Waals surface area contributed by atoms with Gasteiger partial charge in [-0.1, -0.05) is 29.8 Å². The van der Waals surface area contributed by atoms with E-state index in [1.807, 2.05) is 42.7 Å². The molecule has 0 unspecified atom stereocenters. The zero-order valence-corrected chi connectivity index (χ0v) is 15.2. The number of aromatic nitrogens is 3. The molecule has 1 aromatic carbocycles. The lowest BCUT2D eigenvalue weighted by molar-refractivity contribution is 0.457. The molecule has 0 saturated carbocycles. The summed E-state index contributed by atoms with van der Waals surface area (Å²) in [5.74, 6) is 2.15. The molecule has 1 aliphatic heterocycles. The molecule has 0 N–H and O–H groups in total. The van der Waals surface area contributed by atoms with Crippen LogP contribution in [0.25, 0.3) is 0 Å². The highest BCUT2D eigenvalue weighted by molar-refractivity contribution is 5.50. The summed E-state index contributed by atoms with van der Waals surface area (Å²) in [4.78, 5) is 15.3. The van der Waals surface area contributed by atoms with Gasteiger partial charge >= 0.3 is 0 Å². The van der Waals surface area contributed by atoms with E-state index in [0.29, 0.717) is 5.88 Å². The average molecular weight is 358 g/mol. The zero-order chi connectivity index (χ0) is 18.3. The second-order valence-electron chi connectivity index (χ2n) is 6.51. The van der Waals surface area contributed by atoms with Crippen molar-refractivity contribution in [1.82, 2.24) is 15.0 Å². The lowest BCUT2D eigenvalue weighted by atomic mass is 10.0. The summed E-state index contributed by atoms with van der Waals surface area (Å²) in [6, 6.07) is 13.9. The molecule has 0 spiro atoms. The molecule has 1 saturated heterocycles. The number of pyridine rings is 1. The highest BCUT2D eigenvalue weighted by Crippen LogP contribution is 2.30. The third-order valence-corrected chi connectivity index (χ3v) is 4.69. The summed E-state index contributed by atoms with van der Waals surface area (Å²) < 4.78 is 5.96. The Kier molecular flexibility index (Phi) is 5.39. The number of hydrogen-bond donors (Lipinski definition) is 0. The SMILES string of the molecule is C(Cc1ccncc1)=C1CCN(c2nccnc2Oc2ccccc2)CC1. The van der Waals surface area contributed by atoms with Crippen LogP contribution in [0.1, 0.15) is 18.4 Å². The largest absolute Gasteiger partial charge is 0.436 e. The van der Waals surface area contributed by atoms with Crippen LogP contribution in [0.3, 0.4) is 0 Å². The van der Waals surface area contributed by atoms with Crippen molar-refractivity contribution in [3.63, 3.8) is 0 Å². The quantitative estimate of drug-likeness (QED) is 0.632. The summed E-state index contributed by atoms with van der Waals surface area (Å²) in [7, 11) is 0. The first-order valence-corrected chi connectivity index (χ1v) is 9.24. The summed E-state index contributed by atoms with van der Waals surface area (Å²) in [6.07, 6.45) is 12.5. The van der Waals surface area contributed by atoms with Gasteiger partial charge in [-0.2, -0.15) is 0 Å². The van der Waals surface area contributed by atoms with E-state index < -0.39 is 0 Å². The summed E-state index contributed by atoms with van der Waals surface area (Å²) in [5, 5.41) is 0. The molecule has 3 aromatic rings.